The van der Waals surface area contributed by atoms with Gasteiger partial charge in [-0.05, 0) is 41.8 Å². The highest BCUT2D eigenvalue weighted by molar-refractivity contribution is 9.09. The van der Waals surface area contributed by atoms with Gasteiger partial charge in [0, 0.05) is 0 Å². The third-order valence-electron chi connectivity index (χ3n) is 3.17. The number of alkyl halides is 1. The van der Waals surface area contributed by atoms with Crippen molar-refractivity contribution in [1.82, 2.24) is 0 Å². The summed E-state index contributed by atoms with van der Waals surface area (Å²) >= 11 is 3.64. The minimum atomic E-state index is -0.194. The highest BCUT2D eigenvalue weighted by atomic mass is 79.9. The van der Waals surface area contributed by atoms with E-state index in [-0.39, 0.29) is 10.6 Å². The second-order valence-electron chi connectivity index (χ2n) is 4.49. The summed E-state index contributed by atoms with van der Waals surface area (Å²) in [5, 5.41) is 0. The third-order valence-corrected chi connectivity index (χ3v) is 4.23. The topological polar surface area (TPSA) is 18.5 Å². The molecule has 0 aliphatic carbocycles. The second-order valence-corrected chi connectivity index (χ2v) is 5.40. The Labute approximate surface area is 126 Å². The van der Waals surface area contributed by atoms with Crippen LogP contribution in [0.25, 0.3) is 0 Å². The first-order chi connectivity index (χ1) is 9.56. The Morgan fingerprint density at radius 2 is 1.55 bits per heavy atom. The fraction of sp³-hybridized carbons (Fsp3) is 0.250. The van der Waals surface area contributed by atoms with E-state index in [9.17, 15) is 4.39 Å². The molecule has 2 rings (SSSR count). The summed E-state index contributed by atoms with van der Waals surface area (Å²) < 4.78 is 23.9. The van der Waals surface area contributed by atoms with Crippen LogP contribution < -0.4 is 9.47 Å². The van der Waals surface area contributed by atoms with Crippen molar-refractivity contribution in [2.24, 2.45) is 0 Å². The minimum Gasteiger partial charge on any atom is -0.493 e. The van der Waals surface area contributed by atoms with Gasteiger partial charge in [-0.3, -0.25) is 0 Å². The van der Waals surface area contributed by atoms with Crippen molar-refractivity contribution in [2.75, 3.05) is 14.2 Å². The monoisotopic (exact) mass is 338 g/mol. The van der Waals surface area contributed by atoms with E-state index in [0.29, 0.717) is 17.1 Å². The lowest BCUT2D eigenvalue weighted by atomic mass is 10.0. The van der Waals surface area contributed by atoms with Gasteiger partial charge >= 0.3 is 0 Å². The van der Waals surface area contributed by atoms with Gasteiger partial charge in [-0.1, -0.05) is 34.1 Å². The standard InChI is InChI=1S/C16H16BrFO2/c1-10-8-11(4-6-13(10)18)16(17)12-5-7-14(19-2)15(9-12)20-3/h4-9,16H,1-3H3. The molecule has 0 saturated carbocycles. The molecule has 1 unspecified atom stereocenters. The minimum absolute atomic E-state index is 0.0263. The van der Waals surface area contributed by atoms with Gasteiger partial charge in [0.1, 0.15) is 5.82 Å². The summed E-state index contributed by atoms with van der Waals surface area (Å²) in [6.45, 7) is 1.76. The summed E-state index contributed by atoms with van der Waals surface area (Å²) in [5.74, 6) is 1.17. The Kier molecular flexibility index (Phi) is 4.65. The molecule has 0 aliphatic heterocycles. The summed E-state index contributed by atoms with van der Waals surface area (Å²) in [6, 6.07) is 10.8. The second kappa shape index (κ2) is 6.27. The van der Waals surface area contributed by atoms with Crippen LogP contribution >= 0.6 is 15.9 Å². The number of hydrogen-bond donors (Lipinski definition) is 0. The number of ether oxygens (including phenoxy) is 2. The van der Waals surface area contributed by atoms with Gasteiger partial charge in [0.2, 0.25) is 0 Å². The van der Waals surface area contributed by atoms with Gasteiger partial charge in [-0.25, -0.2) is 4.39 Å². The van der Waals surface area contributed by atoms with Crippen LogP contribution in [-0.4, -0.2) is 14.2 Å². The maximum absolute atomic E-state index is 13.3. The fourth-order valence-electron chi connectivity index (χ4n) is 2.03. The van der Waals surface area contributed by atoms with Crippen LogP contribution in [-0.2, 0) is 0 Å². The lowest BCUT2D eigenvalue weighted by Crippen LogP contribution is -1.97. The normalized spacial score (nSPS) is 12.1. The van der Waals surface area contributed by atoms with Crippen LogP contribution in [0.4, 0.5) is 4.39 Å². The molecular weight excluding hydrogens is 323 g/mol. The van der Waals surface area contributed by atoms with E-state index in [2.05, 4.69) is 15.9 Å². The summed E-state index contributed by atoms with van der Waals surface area (Å²) in [7, 11) is 3.21. The molecule has 0 heterocycles. The molecule has 2 nitrogen and oxygen atoms in total. The zero-order chi connectivity index (χ0) is 14.7. The Morgan fingerprint density at radius 1 is 0.950 bits per heavy atom. The van der Waals surface area contributed by atoms with Crippen molar-refractivity contribution in [3.05, 3.63) is 58.9 Å². The van der Waals surface area contributed by atoms with E-state index in [1.54, 1.807) is 27.2 Å². The van der Waals surface area contributed by atoms with E-state index in [4.69, 9.17) is 9.47 Å². The van der Waals surface area contributed by atoms with Crippen LogP contribution in [0.2, 0.25) is 0 Å². The van der Waals surface area contributed by atoms with Gasteiger partial charge in [-0.15, -0.1) is 0 Å². The number of rotatable bonds is 4. The first-order valence-electron chi connectivity index (χ1n) is 6.19. The number of methoxy groups -OCH3 is 2. The maximum atomic E-state index is 13.3. The molecule has 2 aromatic carbocycles. The average molecular weight is 339 g/mol. The smallest absolute Gasteiger partial charge is 0.161 e. The van der Waals surface area contributed by atoms with Gasteiger partial charge in [0.25, 0.3) is 0 Å². The van der Waals surface area contributed by atoms with Gasteiger partial charge in [0.05, 0.1) is 19.0 Å². The lowest BCUT2D eigenvalue weighted by molar-refractivity contribution is 0.354. The zero-order valence-corrected chi connectivity index (χ0v) is 13.2. The van der Waals surface area contributed by atoms with E-state index in [0.717, 1.165) is 11.1 Å². The molecule has 1 atom stereocenters. The molecule has 0 saturated heterocycles. The number of hydrogen-bond acceptors (Lipinski definition) is 2. The van der Waals surface area contributed by atoms with Crippen molar-refractivity contribution in [1.29, 1.82) is 0 Å². The van der Waals surface area contributed by atoms with Crippen LogP contribution in [0.5, 0.6) is 11.5 Å². The van der Waals surface area contributed by atoms with E-state index in [1.165, 1.54) is 6.07 Å². The molecular formula is C16H16BrFO2. The Balaban J connectivity index is 2.37. The maximum Gasteiger partial charge on any atom is 0.161 e. The lowest BCUT2D eigenvalue weighted by Gasteiger charge is -2.14. The largest absolute Gasteiger partial charge is 0.493 e. The molecule has 20 heavy (non-hydrogen) atoms. The molecule has 2 aromatic rings. The van der Waals surface area contributed by atoms with Crippen LogP contribution in [0.15, 0.2) is 36.4 Å². The van der Waals surface area contributed by atoms with Crippen molar-refractivity contribution in [2.45, 2.75) is 11.8 Å². The molecule has 0 N–H and O–H groups in total. The SMILES string of the molecule is COc1ccc(C(Br)c2ccc(F)c(C)c2)cc1OC. The van der Waals surface area contributed by atoms with E-state index >= 15 is 0 Å². The number of benzene rings is 2. The Morgan fingerprint density at radius 3 is 2.15 bits per heavy atom. The quantitative estimate of drug-likeness (QED) is 0.756. The van der Waals surface area contributed by atoms with Crippen molar-refractivity contribution in [3.8, 4) is 11.5 Å². The van der Waals surface area contributed by atoms with Crippen LogP contribution in [0.3, 0.4) is 0 Å². The fourth-order valence-corrected chi connectivity index (χ4v) is 2.60. The molecule has 0 bridgehead atoms. The Bertz CT molecular complexity index is 613. The first-order valence-corrected chi connectivity index (χ1v) is 7.10. The third kappa shape index (κ3) is 2.96. The summed E-state index contributed by atoms with van der Waals surface area (Å²) in [6.07, 6.45) is 0. The van der Waals surface area contributed by atoms with Gasteiger partial charge < -0.3 is 9.47 Å². The average Bonchev–Trinajstić information content (AvgIpc) is 2.48. The van der Waals surface area contributed by atoms with Crippen LogP contribution in [0.1, 0.15) is 21.5 Å². The summed E-state index contributed by atoms with van der Waals surface area (Å²) in [4.78, 5) is -0.0263. The molecule has 0 spiro atoms. The molecule has 0 aliphatic rings. The summed E-state index contributed by atoms with van der Waals surface area (Å²) in [5.41, 5.74) is 2.65. The molecule has 4 heteroatoms. The highest BCUT2D eigenvalue weighted by Gasteiger charge is 2.14. The Hall–Kier alpha value is -1.55. The van der Waals surface area contributed by atoms with Gasteiger partial charge in [-0.2, -0.15) is 0 Å². The molecule has 0 radical (unpaired) electrons. The van der Waals surface area contributed by atoms with Crippen molar-refractivity contribution in [3.63, 3.8) is 0 Å². The van der Waals surface area contributed by atoms with E-state index in [1.807, 2.05) is 24.3 Å². The predicted octanol–water partition coefficient (Wildman–Crippen LogP) is 4.64. The predicted molar refractivity (Wildman–Crippen MR) is 81.5 cm³/mol. The highest BCUT2D eigenvalue weighted by Crippen LogP contribution is 2.36. The molecule has 0 aromatic heterocycles. The molecule has 0 amide bonds. The van der Waals surface area contributed by atoms with E-state index < -0.39 is 0 Å². The zero-order valence-electron chi connectivity index (χ0n) is 11.6. The number of aryl methyl sites for hydroxylation is 1. The van der Waals surface area contributed by atoms with Crippen LogP contribution in [0, 0.1) is 12.7 Å². The molecule has 106 valence electrons. The van der Waals surface area contributed by atoms with Gasteiger partial charge in [0.15, 0.2) is 11.5 Å². The first kappa shape index (κ1) is 14.9. The van der Waals surface area contributed by atoms with Crippen molar-refractivity contribution < 1.29 is 13.9 Å². The van der Waals surface area contributed by atoms with Crippen molar-refractivity contribution >= 4 is 15.9 Å². The number of halogens is 2. The molecule has 0 fully saturated rings.